The molecule has 0 aliphatic rings. The van der Waals surface area contributed by atoms with Crippen molar-refractivity contribution in [3.63, 3.8) is 0 Å². The first-order valence-electron chi connectivity index (χ1n) is 9.06. The quantitative estimate of drug-likeness (QED) is 0.241. The van der Waals surface area contributed by atoms with Crippen molar-refractivity contribution in [2.24, 2.45) is 11.3 Å². The van der Waals surface area contributed by atoms with Crippen molar-refractivity contribution < 1.29 is 49.8 Å². The van der Waals surface area contributed by atoms with Crippen molar-refractivity contribution in [1.82, 2.24) is 0 Å². The van der Waals surface area contributed by atoms with Crippen LogP contribution in [0, 0.1) is 11.3 Å². The normalized spacial score (nSPS) is 14.7. The molecule has 1 atom stereocenters. The molecule has 0 heterocycles. The molecule has 0 saturated carbocycles. The van der Waals surface area contributed by atoms with Crippen molar-refractivity contribution in [3.05, 3.63) is 0 Å². The zero-order chi connectivity index (χ0) is 23.3. The summed E-state index contributed by atoms with van der Waals surface area (Å²) in [4.78, 5) is 23.8. The number of carbonyl (C=O) groups is 2. The van der Waals surface area contributed by atoms with Crippen molar-refractivity contribution >= 4 is 11.9 Å². The van der Waals surface area contributed by atoms with Gasteiger partial charge in [0.1, 0.15) is 6.42 Å². The second-order valence-corrected chi connectivity index (χ2v) is 7.82. The maximum absolute atomic E-state index is 14.4. The van der Waals surface area contributed by atoms with Gasteiger partial charge in [0, 0.05) is 6.42 Å². The van der Waals surface area contributed by atoms with Gasteiger partial charge in [0.05, 0.1) is 12.0 Å². The van der Waals surface area contributed by atoms with E-state index in [1.54, 1.807) is 6.92 Å². The molecule has 4 nitrogen and oxygen atoms in total. The average Bonchev–Trinajstić information content (AvgIpc) is 2.53. The van der Waals surface area contributed by atoms with E-state index in [2.05, 4.69) is 4.74 Å². The zero-order valence-electron chi connectivity index (χ0n) is 17.0. The first kappa shape index (κ1) is 27.5. The zero-order valence-corrected chi connectivity index (χ0v) is 17.0. The highest BCUT2D eigenvalue weighted by molar-refractivity contribution is 5.80. The fraction of sp³-hybridized carbons (Fsp3) is 0.889. The van der Waals surface area contributed by atoms with Crippen LogP contribution in [0.1, 0.15) is 60.3 Å². The number of ether oxygens (including phenoxy) is 2. The van der Waals surface area contributed by atoms with Crippen molar-refractivity contribution in [2.75, 3.05) is 6.61 Å². The number of hydrogen-bond donors (Lipinski definition) is 0. The Balaban J connectivity index is 4.91. The molecule has 0 spiro atoms. The molecule has 0 saturated heterocycles. The van der Waals surface area contributed by atoms with E-state index >= 15 is 0 Å². The summed E-state index contributed by atoms with van der Waals surface area (Å²) in [5.74, 6) is -12.4. The van der Waals surface area contributed by atoms with Gasteiger partial charge in [0.2, 0.25) is 0 Å². The van der Waals surface area contributed by atoms with E-state index < -0.39 is 73.3 Å². The van der Waals surface area contributed by atoms with Gasteiger partial charge in [-0.2, -0.15) is 22.0 Å². The molecule has 0 amide bonds. The second-order valence-electron chi connectivity index (χ2n) is 7.82. The van der Waals surface area contributed by atoms with Crippen LogP contribution in [0.5, 0.6) is 0 Å². The van der Waals surface area contributed by atoms with Gasteiger partial charge in [-0.15, -0.1) is 0 Å². The summed E-state index contributed by atoms with van der Waals surface area (Å²) in [6, 6.07) is 0. The topological polar surface area (TPSA) is 52.6 Å². The molecule has 0 radical (unpaired) electrons. The third-order valence-electron chi connectivity index (χ3n) is 4.28. The predicted molar refractivity (Wildman–Crippen MR) is 89.5 cm³/mol. The second kappa shape index (κ2) is 9.97. The predicted octanol–water partition coefficient (Wildman–Crippen LogP) is 5.54. The van der Waals surface area contributed by atoms with E-state index in [4.69, 9.17) is 4.74 Å². The Morgan fingerprint density at radius 1 is 0.931 bits per heavy atom. The number of rotatable bonds is 11. The molecule has 0 aromatic rings. The molecule has 0 aromatic carbocycles. The lowest BCUT2D eigenvalue weighted by atomic mass is 9.90. The van der Waals surface area contributed by atoms with Gasteiger partial charge in [-0.1, -0.05) is 20.8 Å². The van der Waals surface area contributed by atoms with E-state index in [1.165, 1.54) is 27.7 Å². The minimum Gasteiger partial charge on any atom is -0.461 e. The van der Waals surface area contributed by atoms with Crippen LogP contribution in [0.2, 0.25) is 0 Å². The van der Waals surface area contributed by atoms with E-state index in [0.717, 1.165) is 0 Å². The first-order valence-corrected chi connectivity index (χ1v) is 9.06. The summed E-state index contributed by atoms with van der Waals surface area (Å²) in [7, 11) is 0. The Morgan fingerprint density at radius 3 is 1.86 bits per heavy atom. The van der Waals surface area contributed by atoms with Crippen LogP contribution in [0.25, 0.3) is 0 Å². The lowest BCUT2D eigenvalue weighted by Crippen LogP contribution is -2.49. The molecule has 0 aliphatic heterocycles. The summed E-state index contributed by atoms with van der Waals surface area (Å²) < 4.78 is 100. The number of carbonyl (C=O) groups excluding carboxylic acids is 2. The average molecular weight is 440 g/mol. The molecule has 0 bridgehead atoms. The molecule has 29 heavy (non-hydrogen) atoms. The molecule has 0 rings (SSSR count). The molecular formula is C18H27F7O4. The van der Waals surface area contributed by atoms with Crippen molar-refractivity contribution in [1.29, 1.82) is 0 Å². The minimum atomic E-state index is -5.09. The molecule has 172 valence electrons. The molecule has 0 aromatic heterocycles. The standard InChI is InChI=1S/C18H27F7O4/c1-6-15(4,5)13(26)29-12(11(2)3)18(24,25)14(27)28-9-7-8-16(19,20)10-17(21,22)23/h11-12H,6-10H2,1-5H3. The van der Waals surface area contributed by atoms with Crippen LogP contribution < -0.4 is 0 Å². The SMILES string of the molecule is CCC(C)(C)C(=O)OC(C(C)C)C(F)(F)C(=O)OCCCC(F)(F)CC(F)(F)F. The summed E-state index contributed by atoms with van der Waals surface area (Å²) >= 11 is 0. The van der Waals surface area contributed by atoms with Gasteiger partial charge in [-0.25, -0.2) is 13.6 Å². The number of halogens is 7. The highest BCUT2D eigenvalue weighted by Gasteiger charge is 2.53. The smallest absolute Gasteiger partial charge is 0.394 e. The molecule has 0 N–H and O–H groups in total. The summed E-state index contributed by atoms with van der Waals surface area (Å²) in [5.41, 5.74) is -1.07. The van der Waals surface area contributed by atoms with Crippen molar-refractivity contribution in [3.8, 4) is 0 Å². The van der Waals surface area contributed by atoms with E-state index in [1.807, 2.05) is 0 Å². The van der Waals surface area contributed by atoms with Gasteiger partial charge in [-0.3, -0.25) is 4.79 Å². The van der Waals surface area contributed by atoms with E-state index in [-0.39, 0.29) is 0 Å². The molecule has 11 heteroatoms. The summed E-state index contributed by atoms with van der Waals surface area (Å²) in [6.45, 7) is 6.24. The van der Waals surface area contributed by atoms with Crippen LogP contribution in [0.4, 0.5) is 30.7 Å². The Kier molecular flexibility index (Phi) is 9.44. The largest absolute Gasteiger partial charge is 0.461 e. The van der Waals surface area contributed by atoms with Crippen LogP contribution >= 0.6 is 0 Å². The monoisotopic (exact) mass is 440 g/mol. The van der Waals surface area contributed by atoms with E-state index in [9.17, 15) is 40.3 Å². The van der Waals surface area contributed by atoms with Gasteiger partial charge in [0.25, 0.3) is 5.92 Å². The van der Waals surface area contributed by atoms with Crippen LogP contribution in [-0.2, 0) is 19.1 Å². The highest BCUT2D eigenvalue weighted by Crippen LogP contribution is 2.35. The number of alkyl halides is 7. The molecular weight excluding hydrogens is 413 g/mol. The lowest BCUT2D eigenvalue weighted by Gasteiger charge is -2.31. The van der Waals surface area contributed by atoms with Gasteiger partial charge >= 0.3 is 24.0 Å². The van der Waals surface area contributed by atoms with E-state index in [0.29, 0.717) is 6.42 Å². The first-order chi connectivity index (χ1) is 12.9. The third-order valence-corrected chi connectivity index (χ3v) is 4.28. The Morgan fingerprint density at radius 2 is 1.45 bits per heavy atom. The van der Waals surface area contributed by atoms with Gasteiger partial charge < -0.3 is 9.47 Å². The maximum atomic E-state index is 14.4. The fourth-order valence-electron chi connectivity index (χ4n) is 2.14. The van der Waals surface area contributed by atoms with Crippen molar-refractivity contribution in [2.45, 2.75) is 84.4 Å². The Labute approximate surface area is 165 Å². The summed E-state index contributed by atoms with van der Waals surface area (Å²) in [6.07, 6.45) is -11.4. The minimum absolute atomic E-state index is 0.290. The lowest BCUT2D eigenvalue weighted by molar-refractivity contribution is -0.209. The van der Waals surface area contributed by atoms with Crippen LogP contribution in [0.15, 0.2) is 0 Å². The maximum Gasteiger partial charge on any atom is 0.394 e. The fourth-order valence-corrected chi connectivity index (χ4v) is 2.14. The molecule has 0 fully saturated rings. The number of hydrogen-bond acceptors (Lipinski definition) is 4. The van der Waals surface area contributed by atoms with Crippen LogP contribution in [0.3, 0.4) is 0 Å². The van der Waals surface area contributed by atoms with Gasteiger partial charge in [0.15, 0.2) is 6.10 Å². The molecule has 0 aliphatic carbocycles. The summed E-state index contributed by atoms with van der Waals surface area (Å²) in [5, 5.41) is 0. The Bertz CT molecular complexity index is 557. The van der Waals surface area contributed by atoms with Gasteiger partial charge in [-0.05, 0) is 32.6 Å². The Hall–Kier alpha value is -1.55. The number of esters is 2. The van der Waals surface area contributed by atoms with Crippen LogP contribution in [-0.4, -0.2) is 42.7 Å². The third kappa shape index (κ3) is 9.20. The molecule has 1 unspecified atom stereocenters. The highest BCUT2D eigenvalue weighted by atomic mass is 19.4.